The molecule has 0 spiro atoms. The zero-order valence-corrected chi connectivity index (χ0v) is 11.4. The summed E-state index contributed by atoms with van der Waals surface area (Å²) in [7, 11) is 1.15. The number of amides is 1. The summed E-state index contributed by atoms with van der Waals surface area (Å²) in [5.74, 6) is -2.31. The highest BCUT2D eigenvalue weighted by Gasteiger charge is 2.22. The maximum Gasteiger partial charge on any atom is 0.376 e. The van der Waals surface area contributed by atoms with Gasteiger partial charge in [0.15, 0.2) is 0 Å². The summed E-state index contributed by atoms with van der Waals surface area (Å²) in [5, 5.41) is 2.48. The zero-order valence-electron chi connectivity index (χ0n) is 11.4. The molecule has 6 nitrogen and oxygen atoms in total. The first-order valence-corrected chi connectivity index (χ1v) is 5.79. The van der Waals surface area contributed by atoms with Gasteiger partial charge in [0.1, 0.15) is 0 Å². The third kappa shape index (κ3) is 4.24. The van der Waals surface area contributed by atoms with Crippen LogP contribution in [0, 0.1) is 0 Å². The number of carbonyl (C=O) groups is 3. The molecule has 1 amide bonds. The van der Waals surface area contributed by atoms with E-state index >= 15 is 0 Å². The normalized spacial score (nSPS) is 11.2. The summed E-state index contributed by atoms with van der Waals surface area (Å²) in [6.07, 6.45) is 0. The molecule has 1 rings (SSSR count). The van der Waals surface area contributed by atoms with Gasteiger partial charge in [-0.15, -0.1) is 0 Å². The summed E-state index contributed by atoms with van der Waals surface area (Å²) >= 11 is 0. The predicted molar refractivity (Wildman–Crippen MR) is 71.0 cm³/mol. The average Bonchev–Trinajstić information content (AvgIpc) is 2.42. The molecule has 1 aromatic carbocycles. The molecule has 0 bridgehead atoms. The van der Waals surface area contributed by atoms with Crippen LogP contribution in [0.3, 0.4) is 0 Å². The van der Waals surface area contributed by atoms with Gasteiger partial charge in [0.2, 0.25) is 11.7 Å². The van der Waals surface area contributed by atoms with E-state index in [1.54, 1.807) is 30.3 Å². The minimum Gasteiger partial charge on any atom is -0.463 e. The molecule has 0 aromatic heterocycles. The molecule has 0 radical (unpaired) electrons. The fourth-order valence-electron chi connectivity index (χ4n) is 1.47. The molecule has 0 saturated carbocycles. The second kappa shape index (κ2) is 7.08. The van der Waals surface area contributed by atoms with Crippen molar-refractivity contribution in [2.45, 2.75) is 13.8 Å². The first kappa shape index (κ1) is 15.4. The maximum atomic E-state index is 11.7. The van der Waals surface area contributed by atoms with Gasteiger partial charge in [0, 0.05) is 19.4 Å². The Labute approximate surface area is 116 Å². The molecule has 0 unspecified atom stereocenters. The van der Waals surface area contributed by atoms with Gasteiger partial charge in [0.25, 0.3) is 0 Å². The Hall–Kier alpha value is -2.63. The van der Waals surface area contributed by atoms with Gasteiger partial charge >= 0.3 is 11.9 Å². The summed E-state index contributed by atoms with van der Waals surface area (Å²) in [6, 6.07) is 8.55. The number of ether oxygens (including phenoxy) is 2. The van der Waals surface area contributed by atoms with E-state index in [9.17, 15) is 14.4 Å². The van der Waals surface area contributed by atoms with Crippen LogP contribution in [0.1, 0.15) is 19.4 Å². The van der Waals surface area contributed by atoms with E-state index in [-0.39, 0.29) is 11.5 Å². The largest absolute Gasteiger partial charge is 0.463 e. The fraction of sp³-hybridized carbons (Fsp3) is 0.214. The lowest BCUT2D eigenvalue weighted by atomic mass is 10.1. The van der Waals surface area contributed by atoms with Gasteiger partial charge in [-0.2, -0.15) is 0 Å². The predicted octanol–water partition coefficient (Wildman–Crippen LogP) is 1.23. The van der Waals surface area contributed by atoms with Crippen molar-refractivity contribution in [2.75, 3.05) is 7.11 Å². The fourth-order valence-corrected chi connectivity index (χ4v) is 1.47. The van der Waals surface area contributed by atoms with Crippen molar-refractivity contribution in [3.8, 4) is 0 Å². The van der Waals surface area contributed by atoms with Crippen molar-refractivity contribution in [2.24, 2.45) is 0 Å². The molecule has 1 N–H and O–H groups in total. The number of nitrogens with one attached hydrogen (secondary N) is 1. The molecule has 0 aliphatic rings. The molecule has 0 heterocycles. The Balaban J connectivity index is 3.40. The van der Waals surface area contributed by atoms with Crippen molar-refractivity contribution in [3.05, 3.63) is 41.7 Å². The first-order chi connectivity index (χ1) is 9.45. The van der Waals surface area contributed by atoms with E-state index in [0.29, 0.717) is 5.56 Å². The lowest BCUT2D eigenvalue weighted by Gasteiger charge is -2.13. The van der Waals surface area contributed by atoms with Crippen LogP contribution >= 0.6 is 0 Å². The zero-order chi connectivity index (χ0) is 15.1. The summed E-state index contributed by atoms with van der Waals surface area (Å²) in [5.41, 5.74) is 0.601. The van der Waals surface area contributed by atoms with Crippen LogP contribution in [0.5, 0.6) is 0 Å². The highest BCUT2D eigenvalue weighted by atomic mass is 16.6. The Bertz CT molecular complexity index is 548. The van der Waals surface area contributed by atoms with Crippen molar-refractivity contribution in [3.63, 3.8) is 0 Å². The van der Waals surface area contributed by atoms with Gasteiger partial charge in [0.05, 0.1) is 12.8 Å². The molecule has 20 heavy (non-hydrogen) atoms. The second-order valence-corrected chi connectivity index (χ2v) is 3.84. The number of methoxy groups -OCH3 is 1. The topological polar surface area (TPSA) is 81.7 Å². The number of hydrogen-bond donors (Lipinski definition) is 1. The van der Waals surface area contributed by atoms with Gasteiger partial charge in [-0.3, -0.25) is 9.59 Å². The Morgan fingerprint density at radius 2 is 1.65 bits per heavy atom. The third-order valence-electron chi connectivity index (χ3n) is 2.21. The minimum atomic E-state index is -0.854. The maximum absolute atomic E-state index is 11.7. The Morgan fingerprint density at radius 1 is 1.05 bits per heavy atom. The average molecular weight is 277 g/mol. The van der Waals surface area contributed by atoms with Crippen LogP contribution in [0.25, 0.3) is 5.70 Å². The Morgan fingerprint density at radius 3 is 2.10 bits per heavy atom. The summed E-state index contributed by atoms with van der Waals surface area (Å²) in [6.45, 7) is 2.44. The summed E-state index contributed by atoms with van der Waals surface area (Å²) in [4.78, 5) is 34.1. The van der Waals surface area contributed by atoms with Crippen molar-refractivity contribution in [1.82, 2.24) is 5.32 Å². The lowest BCUT2D eigenvalue weighted by Crippen LogP contribution is -2.24. The molecule has 106 valence electrons. The highest BCUT2D eigenvalue weighted by Crippen LogP contribution is 2.18. The van der Waals surface area contributed by atoms with Gasteiger partial charge in [-0.25, -0.2) is 4.79 Å². The van der Waals surface area contributed by atoms with Crippen molar-refractivity contribution >= 4 is 23.5 Å². The lowest BCUT2D eigenvalue weighted by molar-refractivity contribution is -0.148. The standard InChI is InChI=1S/C14H15NO5/c1-9(16)15-12(11-7-5-4-6-8-11)13(14(18)19-3)20-10(2)17/h4-8H,1-3H3,(H,15,16)/b13-12+. The highest BCUT2D eigenvalue weighted by molar-refractivity contribution is 6.00. The van der Waals surface area contributed by atoms with E-state index in [2.05, 4.69) is 10.1 Å². The smallest absolute Gasteiger partial charge is 0.376 e. The van der Waals surface area contributed by atoms with Crippen LogP contribution in [0.15, 0.2) is 36.1 Å². The second-order valence-electron chi connectivity index (χ2n) is 3.84. The third-order valence-corrected chi connectivity index (χ3v) is 2.21. The molecular formula is C14H15NO5. The van der Waals surface area contributed by atoms with Gasteiger partial charge in [-0.05, 0) is 0 Å². The number of rotatable bonds is 4. The van der Waals surface area contributed by atoms with Crippen LogP contribution in [-0.4, -0.2) is 25.0 Å². The first-order valence-electron chi connectivity index (χ1n) is 5.79. The van der Waals surface area contributed by atoms with E-state index in [0.717, 1.165) is 14.0 Å². The number of hydrogen-bond acceptors (Lipinski definition) is 5. The number of esters is 2. The SMILES string of the molecule is COC(=O)/C(OC(C)=O)=C(\NC(C)=O)c1ccccc1. The van der Waals surface area contributed by atoms with Crippen LogP contribution in [0.4, 0.5) is 0 Å². The van der Waals surface area contributed by atoms with E-state index in [1.165, 1.54) is 6.92 Å². The van der Waals surface area contributed by atoms with Crippen LogP contribution in [0.2, 0.25) is 0 Å². The van der Waals surface area contributed by atoms with Gasteiger partial charge < -0.3 is 14.8 Å². The van der Waals surface area contributed by atoms with E-state index in [4.69, 9.17) is 4.74 Å². The van der Waals surface area contributed by atoms with Crippen LogP contribution < -0.4 is 5.32 Å². The molecule has 6 heteroatoms. The van der Waals surface area contributed by atoms with E-state index in [1.807, 2.05) is 0 Å². The quantitative estimate of drug-likeness (QED) is 0.508. The number of carbonyl (C=O) groups excluding carboxylic acids is 3. The van der Waals surface area contributed by atoms with Crippen molar-refractivity contribution < 1.29 is 23.9 Å². The minimum absolute atomic E-state index is 0.0835. The molecular weight excluding hydrogens is 262 g/mol. The van der Waals surface area contributed by atoms with Crippen LogP contribution in [-0.2, 0) is 23.9 Å². The molecule has 0 atom stereocenters. The van der Waals surface area contributed by atoms with Crippen molar-refractivity contribution in [1.29, 1.82) is 0 Å². The molecule has 1 aromatic rings. The molecule has 0 fully saturated rings. The Kier molecular flexibility index (Phi) is 5.46. The molecule has 0 saturated heterocycles. The molecule has 0 aliphatic carbocycles. The van der Waals surface area contributed by atoms with E-state index < -0.39 is 17.8 Å². The monoisotopic (exact) mass is 277 g/mol. The molecule has 0 aliphatic heterocycles. The van der Waals surface area contributed by atoms with Gasteiger partial charge in [-0.1, -0.05) is 30.3 Å². The summed E-state index contributed by atoms with van der Waals surface area (Å²) < 4.78 is 9.44. The number of benzene rings is 1.